The van der Waals surface area contributed by atoms with E-state index in [9.17, 15) is 9.90 Å². The van der Waals surface area contributed by atoms with Crippen LogP contribution in [0, 0.1) is 0 Å². The zero-order valence-corrected chi connectivity index (χ0v) is 22.1. The van der Waals surface area contributed by atoms with Crippen molar-refractivity contribution in [1.82, 2.24) is 9.80 Å². The van der Waals surface area contributed by atoms with Crippen molar-refractivity contribution in [2.45, 2.75) is 38.4 Å². The predicted octanol–water partition coefficient (Wildman–Crippen LogP) is 5.11. The van der Waals surface area contributed by atoms with Gasteiger partial charge in [-0.2, -0.15) is 0 Å². The summed E-state index contributed by atoms with van der Waals surface area (Å²) in [6, 6.07) is 25.7. The summed E-state index contributed by atoms with van der Waals surface area (Å²) in [7, 11) is 0. The second-order valence-electron chi connectivity index (χ2n) is 9.81. The van der Waals surface area contributed by atoms with Gasteiger partial charge in [-0.1, -0.05) is 78.3 Å². The highest BCUT2D eigenvalue weighted by molar-refractivity contribution is 6.30. The van der Waals surface area contributed by atoms with Crippen LogP contribution in [0.5, 0.6) is 0 Å². The number of allylic oxidation sites excluding steroid dienone is 1. The molecule has 1 fully saturated rings. The van der Waals surface area contributed by atoms with Crippen LogP contribution in [-0.4, -0.2) is 53.3 Å². The molecule has 3 aromatic rings. The molecule has 2 aliphatic rings. The number of rotatable bonds is 8. The molecule has 0 saturated carbocycles. The van der Waals surface area contributed by atoms with Crippen molar-refractivity contribution in [3.05, 3.63) is 118 Å². The molecule has 0 bridgehead atoms. The minimum absolute atomic E-state index is 0.00638. The summed E-state index contributed by atoms with van der Waals surface area (Å²) in [5.41, 5.74) is 4.18. The van der Waals surface area contributed by atoms with E-state index in [4.69, 9.17) is 21.1 Å². The van der Waals surface area contributed by atoms with Crippen molar-refractivity contribution >= 4 is 17.5 Å². The highest BCUT2D eigenvalue weighted by Gasteiger charge is 2.32. The van der Waals surface area contributed by atoms with E-state index >= 15 is 0 Å². The number of hydrogen-bond acceptors (Lipinski definition) is 5. The lowest BCUT2D eigenvalue weighted by Gasteiger charge is -2.36. The first-order valence-corrected chi connectivity index (χ1v) is 13.4. The van der Waals surface area contributed by atoms with Crippen LogP contribution in [0.15, 0.2) is 90.7 Å². The predicted molar refractivity (Wildman–Crippen MR) is 147 cm³/mol. The van der Waals surface area contributed by atoms with Gasteiger partial charge in [-0.15, -0.1) is 0 Å². The van der Waals surface area contributed by atoms with Crippen molar-refractivity contribution in [2.24, 2.45) is 0 Å². The normalized spacial score (nSPS) is 20.1. The molecule has 0 spiro atoms. The van der Waals surface area contributed by atoms with Crippen LogP contribution in [0.4, 0.5) is 0 Å². The molecule has 7 heteroatoms. The van der Waals surface area contributed by atoms with E-state index in [1.807, 2.05) is 65.6 Å². The van der Waals surface area contributed by atoms with E-state index in [1.165, 1.54) is 5.56 Å². The van der Waals surface area contributed by atoms with Gasteiger partial charge in [-0.3, -0.25) is 9.69 Å². The second-order valence-corrected chi connectivity index (χ2v) is 10.2. The van der Waals surface area contributed by atoms with E-state index in [-0.39, 0.29) is 18.4 Å². The molecule has 2 atom stereocenters. The minimum atomic E-state index is -0.559. The molecule has 0 unspecified atom stereocenters. The van der Waals surface area contributed by atoms with Gasteiger partial charge in [0.1, 0.15) is 0 Å². The quantitative estimate of drug-likeness (QED) is 0.437. The molecule has 6 nitrogen and oxygen atoms in total. The van der Waals surface area contributed by atoms with Gasteiger partial charge in [0, 0.05) is 50.1 Å². The van der Waals surface area contributed by atoms with Gasteiger partial charge < -0.3 is 19.5 Å². The molecule has 38 heavy (non-hydrogen) atoms. The topological polar surface area (TPSA) is 62.2 Å². The first kappa shape index (κ1) is 26.4. The minimum Gasteiger partial charge on any atom is -0.459 e. The Labute approximate surface area is 229 Å². The Hall–Kier alpha value is -3.16. The number of ether oxygens (including phenoxy) is 2. The zero-order valence-electron chi connectivity index (χ0n) is 21.3. The third-order valence-electron chi connectivity index (χ3n) is 7.12. The Kier molecular flexibility index (Phi) is 8.76. The number of nitrogens with zero attached hydrogens (tertiary/aromatic N) is 2. The van der Waals surface area contributed by atoms with Gasteiger partial charge in [-0.05, 0) is 40.5 Å². The van der Waals surface area contributed by atoms with Crippen LogP contribution >= 0.6 is 11.6 Å². The van der Waals surface area contributed by atoms with Gasteiger partial charge in [0.2, 0.25) is 6.29 Å². The fourth-order valence-electron chi connectivity index (χ4n) is 4.89. The van der Waals surface area contributed by atoms with Gasteiger partial charge in [-0.25, -0.2) is 0 Å². The molecular weight excluding hydrogens is 500 g/mol. The van der Waals surface area contributed by atoms with Gasteiger partial charge in [0.25, 0.3) is 5.91 Å². The molecule has 1 N–H and O–H groups in total. The maximum absolute atomic E-state index is 13.6. The summed E-state index contributed by atoms with van der Waals surface area (Å²) in [5, 5.41) is 9.96. The van der Waals surface area contributed by atoms with Crippen LogP contribution in [-0.2, 0) is 34.0 Å². The first-order chi connectivity index (χ1) is 18.6. The summed E-state index contributed by atoms with van der Waals surface area (Å²) in [6.45, 7) is 4.18. The average molecular weight is 533 g/mol. The lowest BCUT2D eigenvalue weighted by atomic mass is 9.93. The monoisotopic (exact) mass is 532 g/mol. The second kappa shape index (κ2) is 12.6. The van der Waals surface area contributed by atoms with E-state index in [0.717, 1.165) is 36.3 Å². The smallest absolute Gasteiger partial charge is 0.288 e. The number of carbonyl (C=O) groups excluding carboxylic acids is 1. The number of carbonyl (C=O) groups is 1. The largest absolute Gasteiger partial charge is 0.459 e. The summed E-state index contributed by atoms with van der Waals surface area (Å²) in [4.78, 5) is 17.8. The molecule has 0 radical (unpaired) electrons. The Morgan fingerprint density at radius 3 is 2.26 bits per heavy atom. The number of piperazine rings is 1. The number of amides is 1. The third kappa shape index (κ3) is 6.83. The van der Waals surface area contributed by atoms with Crippen LogP contribution < -0.4 is 0 Å². The van der Waals surface area contributed by atoms with Crippen molar-refractivity contribution in [1.29, 1.82) is 0 Å². The fourth-order valence-corrected chi connectivity index (χ4v) is 5.02. The fraction of sp³-hybridized carbons (Fsp3) is 0.323. The average Bonchev–Trinajstić information content (AvgIpc) is 2.97. The Balaban J connectivity index is 1.25. The van der Waals surface area contributed by atoms with Crippen molar-refractivity contribution < 1.29 is 19.4 Å². The third-order valence-corrected chi connectivity index (χ3v) is 7.37. The number of aliphatic hydroxyl groups is 1. The van der Waals surface area contributed by atoms with E-state index in [1.54, 1.807) is 0 Å². The molecule has 0 aromatic heterocycles. The molecule has 198 valence electrons. The highest BCUT2D eigenvalue weighted by atomic mass is 35.5. The van der Waals surface area contributed by atoms with E-state index < -0.39 is 6.29 Å². The van der Waals surface area contributed by atoms with Crippen molar-refractivity contribution in [3.8, 4) is 0 Å². The SMILES string of the molecule is O=C(C1=C[C@H](c2ccc(Cl)cc2)C[C@H](OCc2ccc(CO)cc2)O1)N1CCN(Cc2ccccc2)CC1. The molecule has 3 aromatic carbocycles. The molecule has 1 amide bonds. The zero-order chi connectivity index (χ0) is 26.3. The molecule has 0 aliphatic carbocycles. The van der Waals surface area contributed by atoms with Gasteiger partial charge >= 0.3 is 0 Å². The van der Waals surface area contributed by atoms with Gasteiger partial charge in [0.15, 0.2) is 5.76 Å². The van der Waals surface area contributed by atoms with Crippen molar-refractivity contribution in [3.63, 3.8) is 0 Å². The number of benzene rings is 3. The molecule has 1 saturated heterocycles. The number of hydrogen-bond donors (Lipinski definition) is 1. The maximum atomic E-state index is 13.6. The lowest BCUT2D eigenvalue weighted by molar-refractivity contribution is -0.157. The van der Waals surface area contributed by atoms with E-state index in [0.29, 0.717) is 36.9 Å². The standard InChI is InChI=1S/C31H33ClN2O4/c32-28-12-10-26(11-13-28)27-18-29(38-30(19-27)37-22-25-8-6-24(21-35)7-9-25)31(36)34-16-14-33(15-17-34)20-23-4-2-1-3-5-23/h1-13,18,27,30,35H,14-17,19-22H2/t27-,30+/m0/s1. The van der Waals surface area contributed by atoms with Crippen LogP contribution in [0.25, 0.3) is 0 Å². The Bertz CT molecular complexity index is 1220. The summed E-state index contributed by atoms with van der Waals surface area (Å²) in [5.74, 6) is 0.221. The highest BCUT2D eigenvalue weighted by Crippen LogP contribution is 2.33. The molecule has 2 heterocycles. The Morgan fingerprint density at radius 1 is 0.895 bits per heavy atom. The summed E-state index contributed by atoms with van der Waals surface area (Å²) < 4.78 is 12.3. The van der Waals surface area contributed by atoms with Gasteiger partial charge in [0.05, 0.1) is 13.2 Å². The summed E-state index contributed by atoms with van der Waals surface area (Å²) in [6.07, 6.45) is 1.96. The molecular formula is C31H33ClN2O4. The van der Waals surface area contributed by atoms with Crippen LogP contribution in [0.2, 0.25) is 5.02 Å². The van der Waals surface area contributed by atoms with Crippen LogP contribution in [0.3, 0.4) is 0 Å². The summed E-state index contributed by atoms with van der Waals surface area (Å²) >= 11 is 6.12. The number of halogens is 1. The van der Waals surface area contributed by atoms with Crippen LogP contribution in [0.1, 0.15) is 34.6 Å². The number of aliphatic hydroxyl groups excluding tert-OH is 1. The lowest BCUT2D eigenvalue weighted by Crippen LogP contribution is -2.49. The maximum Gasteiger partial charge on any atom is 0.288 e. The van der Waals surface area contributed by atoms with Crippen molar-refractivity contribution in [2.75, 3.05) is 26.2 Å². The first-order valence-electron chi connectivity index (χ1n) is 13.1. The Morgan fingerprint density at radius 2 is 1.58 bits per heavy atom. The van der Waals surface area contributed by atoms with E-state index in [2.05, 4.69) is 29.2 Å². The molecule has 2 aliphatic heterocycles. The molecule has 5 rings (SSSR count).